The normalized spacial score (nSPS) is 11.2. The number of hydrogen-bond acceptors (Lipinski definition) is 3. The van der Waals surface area contributed by atoms with Crippen molar-refractivity contribution in [3.05, 3.63) is 29.8 Å². The fourth-order valence-corrected chi connectivity index (χ4v) is 1.17. The highest BCUT2D eigenvalue weighted by molar-refractivity contribution is 6.21. The molecule has 76 valence electrons. The van der Waals surface area contributed by atoms with Crippen molar-refractivity contribution in [1.82, 2.24) is 0 Å². The summed E-state index contributed by atoms with van der Waals surface area (Å²) < 4.78 is 13.8. The van der Waals surface area contributed by atoms with Crippen LogP contribution in [0.4, 0.5) is 0 Å². The zero-order valence-corrected chi connectivity index (χ0v) is 8.91. The van der Waals surface area contributed by atoms with Crippen LogP contribution in [0.5, 0.6) is 5.75 Å². The van der Waals surface area contributed by atoms with Crippen LogP contribution in [0.2, 0.25) is 0 Å². The molecule has 0 spiro atoms. The molecule has 0 atom stereocenters. The summed E-state index contributed by atoms with van der Waals surface area (Å²) in [6.45, 7) is 2.42. The zero-order chi connectivity index (χ0) is 10.4. The SMILES string of the molecule is CCO/C(=N\Cl)c1ccc(OC)cc1. The van der Waals surface area contributed by atoms with Crippen LogP contribution < -0.4 is 4.74 Å². The predicted molar refractivity (Wildman–Crippen MR) is 57.0 cm³/mol. The molecule has 0 N–H and O–H groups in total. The first kappa shape index (κ1) is 10.9. The Kier molecular flexibility index (Phi) is 4.26. The van der Waals surface area contributed by atoms with Crippen LogP contribution in [0.15, 0.2) is 28.8 Å². The van der Waals surface area contributed by atoms with Gasteiger partial charge in [0.1, 0.15) is 5.75 Å². The Hall–Kier alpha value is -1.22. The van der Waals surface area contributed by atoms with Gasteiger partial charge >= 0.3 is 0 Å². The minimum Gasteiger partial charge on any atom is -0.497 e. The van der Waals surface area contributed by atoms with Crippen LogP contribution in [0.1, 0.15) is 12.5 Å². The van der Waals surface area contributed by atoms with E-state index in [9.17, 15) is 0 Å². The Labute approximate surface area is 88.4 Å². The molecule has 0 bridgehead atoms. The smallest absolute Gasteiger partial charge is 0.233 e. The van der Waals surface area contributed by atoms with Gasteiger partial charge in [0.25, 0.3) is 0 Å². The minimum absolute atomic E-state index is 0.428. The Balaban J connectivity index is 2.84. The quantitative estimate of drug-likeness (QED) is 0.571. The van der Waals surface area contributed by atoms with E-state index in [2.05, 4.69) is 4.51 Å². The lowest BCUT2D eigenvalue weighted by Gasteiger charge is -2.06. The molecule has 0 amide bonds. The molecular weight excluding hydrogens is 202 g/mol. The summed E-state index contributed by atoms with van der Waals surface area (Å²) in [6.07, 6.45) is 0. The standard InChI is InChI=1S/C10H12ClNO2/c1-3-14-10(12-11)8-4-6-9(13-2)7-5-8/h4-7H,3H2,1-2H3/b12-10-. The largest absolute Gasteiger partial charge is 0.497 e. The van der Waals surface area contributed by atoms with Crippen molar-refractivity contribution in [2.75, 3.05) is 13.7 Å². The second-order valence-corrected chi connectivity index (χ2v) is 2.72. The van der Waals surface area contributed by atoms with Gasteiger partial charge < -0.3 is 9.47 Å². The molecule has 14 heavy (non-hydrogen) atoms. The van der Waals surface area contributed by atoms with Crippen LogP contribution in [0.3, 0.4) is 0 Å². The Morgan fingerprint density at radius 3 is 2.43 bits per heavy atom. The summed E-state index contributed by atoms with van der Waals surface area (Å²) in [4.78, 5) is 0. The van der Waals surface area contributed by atoms with Crippen LogP contribution in [0, 0.1) is 0 Å². The van der Waals surface area contributed by atoms with E-state index in [-0.39, 0.29) is 0 Å². The highest BCUT2D eigenvalue weighted by Crippen LogP contribution is 2.12. The van der Waals surface area contributed by atoms with Gasteiger partial charge in [-0.2, -0.15) is 0 Å². The molecule has 0 aliphatic rings. The Bertz CT molecular complexity index is 308. The summed E-state index contributed by atoms with van der Waals surface area (Å²) in [5, 5.41) is 0. The van der Waals surface area contributed by atoms with E-state index in [1.54, 1.807) is 7.11 Å². The van der Waals surface area contributed by atoms with E-state index < -0.39 is 0 Å². The maximum absolute atomic E-state index is 5.39. The van der Waals surface area contributed by atoms with E-state index in [1.807, 2.05) is 31.2 Å². The van der Waals surface area contributed by atoms with Crippen molar-refractivity contribution in [2.24, 2.45) is 4.51 Å². The van der Waals surface area contributed by atoms with Crippen LogP contribution in [-0.4, -0.2) is 19.6 Å². The maximum atomic E-state index is 5.39. The third kappa shape index (κ3) is 2.64. The number of methoxy groups -OCH3 is 1. The van der Waals surface area contributed by atoms with Gasteiger partial charge in [-0.15, -0.1) is 4.51 Å². The lowest BCUT2D eigenvalue weighted by molar-refractivity contribution is 0.329. The van der Waals surface area contributed by atoms with E-state index in [0.29, 0.717) is 12.5 Å². The topological polar surface area (TPSA) is 30.8 Å². The molecule has 0 saturated carbocycles. The summed E-state index contributed by atoms with van der Waals surface area (Å²) in [5.74, 6) is 1.22. The molecule has 0 aliphatic heterocycles. The molecule has 1 aromatic carbocycles. The zero-order valence-electron chi connectivity index (χ0n) is 8.16. The summed E-state index contributed by atoms with van der Waals surface area (Å²) >= 11 is 5.39. The van der Waals surface area contributed by atoms with Crippen molar-refractivity contribution in [1.29, 1.82) is 0 Å². The molecule has 3 nitrogen and oxygen atoms in total. The number of benzene rings is 1. The summed E-state index contributed by atoms with van der Waals surface area (Å²) in [7, 11) is 1.62. The molecule has 1 aromatic rings. The maximum Gasteiger partial charge on any atom is 0.233 e. The highest BCUT2D eigenvalue weighted by atomic mass is 35.5. The molecule has 0 fully saturated rings. The van der Waals surface area contributed by atoms with Gasteiger partial charge in [0, 0.05) is 17.3 Å². The molecule has 0 heterocycles. The van der Waals surface area contributed by atoms with Gasteiger partial charge in [0.05, 0.1) is 13.7 Å². The Morgan fingerprint density at radius 2 is 2.00 bits per heavy atom. The van der Waals surface area contributed by atoms with Crippen molar-refractivity contribution in [3.63, 3.8) is 0 Å². The second-order valence-electron chi connectivity index (χ2n) is 2.55. The van der Waals surface area contributed by atoms with Crippen molar-refractivity contribution in [2.45, 2.75) is 6.92 Å². The monoisotopic (exact) mass is 213 g/mol. The third-order valence-electron chi connectivity index (χ3n) is 1.69. The van der Waals surface area contributed by atoms with E-state index in [1.165, 1.54) is 0 Å². The van der Waals surface area contributed by atoms with Gasteiger partial charge in [-0.25, -0.2) is 0 Å². The van der Waals surface area contributed by atoms with Crippen molar-refractivity contribution in [3.8, 4) is 5.75 Å². The number of ether oxygens (including phenoxy) is 2. The van der Waals surface area contributed by atoms with Gasteiger partial charge in [-0.1, -0.05) is 0 Å². The molecule has 4 heteroatoms. The lowest BCUT2D eigenvalue weighted by atomic mass is 10.2. The van der Waals surface area contributed by atoms with Crippen LogP contribution >= 0.6 is 11.8 Å². The molecule has 0 saturated heterocycles. The molecule has 0 aliphatic carbocycles. The van der Waals surface area contributed by atoms with Crippen molar-refractivity contribution >= 4 is 17.7 Å². The first-order valence-electron chi connectivity index (χ1n) is 4.28. The predicted octanol–water partition coefficient (Wildman–Crippen LogP) is 2.63. The fourth-order valence-electron chi connectivity index (χ4n) is 1.03. The number of rotatable bonds is 3. The third-order valence-corrected chi connectivity index (χ3v) is 1.85. The highest BCUT2D eigenvalue weighted by Gasteiger charge is 2.03. The summed E-state index contributed by atoms with van der Waals surface area (Å²) in [5.41, 5.74) is 0.836. The van der Waals surface area contributed by atoms with E-state index in [0.717, 1.165) is 11.3 Å². The number of nitrogens with zero attached hydrogens (tertiary/aromatic N) is 1. The molecule has 0 aromatic heterocycles. The molecule has 0 radical (unpaired) electrons. The van der Waals surface area contributed by atoms with Gasteiger partial charge in [0.2, 0.25) is 5.90 Å². The molecular formula is C10H12ClNO2. The molecule has 1 rings (SSSR count). The first-order valence-corrected chi connectivity index (χ1v) is 4.61. The van der Waals surface area contributed by atoms with E-state index in [4.69, 9.17) is 21.3 Å². The lowest BCUT2D eigenvalue weighted by Crippen LogP contribution is -2.05. The fraction of sp³-hybridized carbons (Fsp3) is 0.300. The molecule has 0 unspecified atom stereocenters. The van der Waals surface area contributed by atoms with Gasteiger partial charge in [-0.05, 0) is 31.2 Å². The van der Waals surface area contributed by atoms with Gasteiger partial charge in [0.15, 0.2) is 0 Å². The van der Waals surface area contributed by atoms with E-state index >= 15 is 0 Å². The second kappa shape index (κ2) is 5.50. The first-order chi connectivity index (χ1) is 6.81. The average Bonchev–Trinajstić information content (AvgIpc) is 2.26. The minimum atomic E-state index is 0.428. The van der Waals surface area contributed by atoms with Crippen LogP contribution in [0.25, 0.3) is 0 Å². The average molecular weight is 214 g/mol. The van der Waals surface area contributed by atoms with Crippen LogP contribution in [-0.2, 0) is 4.74 Å². The van der Waals surface area contributed by atoms with Crippen molar-refractivity contribution < 1.29 is 9.47 Å². The number of hydrogen-bond donors (Lipinski definition) is 0. The Morgan fingerprint density at radius 1 is 1.36 bits per heavy atom. The van der Waals surface area contributed by atoms with Gasteiger partial charge in [-0.3, -0.25) is 0 Å². The summed E-state index contributed by atoms with van der Waals surface area (Å²) in [6, 6.07) is 7.35. The number of halogens is 1.